The highest BCUT2D eigenvalue weighted by Crippen LogP contribution is 2.40. The molecule has 1 fully saturated rings. The molecule has 156 valence electrons. The molecule has 0 saturated carbocycles. The van der Waals surface area contributed by atoms with E-state index in [9.17, 15) is 14.0 Å². The Labute approximate surface area is 174 Å². The van der Waals surface area contributed by atoms with Crippen LogP contribution in [0, 0.1) is 5.82 Å². The van der Waals surface area contributed by atoms with E-state index in [4.69, 9.17) is 9.47 Å². The van der Waals surface area contributed by atoms with Gasteiger partial charge in [-0.3, -0.25) is 9.59 Å². The number of nitrogens with zero attached hydrogens (tertiary/aromatic N) is 2. The molecule has 7 heteroatoms. The molecule has 0 spiro atoms. The summed E-state index contributed by atoms with van der Waals surface area (Å²) in [5, 5.41) is 0. The SMILES string of the molecule is COc1ccc(OC)c(N2C(=O)C(c3ccc(F)cc3)=C(N3CCCCC3)C2=O)c1. The van der Waals surface area contributed by atoms with Gasteiger partial charge in [0.05, 0.1) is 25.5 Å². The number of methoxy groups -OCH3 is 2. The van der Waals surface area contributed by atoms with Gasteiger partial charge in [0.25, 0.3) is 11.8 Å². The van der Waals surface area contributed by atoms with Crippen LogP contribution in [0.15, 0.2) is 48.2 Å². The number of carbonyl (C=O) groups excluding carboxylic acids is 2. The van der Waals surface area contributed by atoms with Crippen LogP contribution in [0.1, 0.15) is 24.8 Å². The maximum atomic E-state index is 13.6. The summed E-state index contributed by atoms with van der Waals surface area (Å²) in [6.07, 6.45) is 2.99. The Hall–Kier alpha value is -3.35. The molecule has 0 aromatic heterocycles. The van der Waals surface area contributed by atoms with Gasteiger partial charge in [-0.1, -0.05) is 12.1 Å². The molecule has 0 aliphatic carbocycles. The summed E-state index contributed by atoms with van der Waals surface area (Å²) >= 11 is 0. The van der Waals surface area contributed by atoms with E-state index >= 15 is 0 Å². The summed E-state index contributed by atoms with van der Waals surface area (Å²) in [4.78, 5) is 30.2. The van der Waals surface area contributed by atoms with Crippen LogP contribution in [0.5, 0.6) is 11.5 Å². The van der Waals surface area contributed by atoms with Crippen LogP contribution in [0.25, 0.3) is 5.57 Å². The topological polar surface area (TPSA) is 59.1 Å². The minimum Gasteiger partial charge on any atom is -0.497 e. The fraction of sp³-hybridized carbons (Fsp3) is 0.304. The number of amides is 2. The van der Waals surface area contributed by atoms with Crippen molar-refractivity contribution in [3.63, 3.8) is 0 Å². The number of rotatable bonds is 5. The van der Waals surface area contributed by atoms with Crippen molar-refractivity contribution in [1.82, 2.24) is 4.90 Å². The summed E-state index contributed by atoms with van der Waals surface area (Å²) in [5.41, 5.74) is 1.47. The number of hydrogen-bond acceptors (Lipinski definition) is 5. The first-order valence-corrected chi connectivity index (χ1v) is 9.91. The molecule has 0 bridgehead atoms. The predicted octanol–water partition coefficient (Wildman–Crippen LogP) is 3.61. The molecular weight excluding hydrogens is 387 g/mol. The number of anilines is 1. The first kappa shape index (κ1) is 19.9. The number of imide groups is 1. The minimum absolute atomic E-state index is 0.284. The van der Waals surface area contributed by atoms with E-state index in [-0.39, 0.29) is 5.57 Å². The van der Waals surface area contributed by atoms with E-state index in [1.54, 1.807) is 18.2 Å². The maximum absolute atomic E-state index is 13.6. The Kier molecular flexibility index (Phi) is 5.44. The summed E-state index contributed by atoms with van der Waals surface area (Å²) < 4.78 is 24.2. The Bertz CT molecular complexity index is 1010. The first-order chi connectivity index (χ1) is 14.5. The van der Waals surface area contributed by atoms with E-state index in [1.165, 1.54) is 38.5 Å². The van der Waals surface area contributed by atoms with Gasteiger partial charge in [0, 0.05) is 19.2 Å². The van der Waals surface area contributed by atoms with Crippen LogP contribution in [0.4, 0.5) is 10.1 Å². The lowest BCUT2D eigenvalue weighted by molar-refractivity contribution is -0.120. The molecule has 2 aliphatic heterocycles. The van der Waals surface area contributed by atoms with Gasteiger partial charge in [0.1, 0.15) is 23.0 Å². The zero-order chi connectivity index (χ0) is 21.3. The average Bonchev–Trinajstić information content (AvgIpc) is 3.04. The van der Waals surface area contributed by atoms with Crippen LogP contribution in [-0.2, 0) is 9.59 Å². The normalized spacial score (nSPS) is 17.0. The maximum Gasteiger partial charge on any atom is 0.282 e. The standard InChI is InChI=1S/C23H23FN2O4/c1-29-17-10-11-19(30-2)18(14-17)26-22(27)20(15-6-8-16(24)9-7-15)21(23(26)28)25-12-4-3-5-13-25/h6-11,14H,3-5,12-13H2,1-2H3. The van der Waals surface area contributed by atoms with E-state index in [0.29, 0.717) is 41.5 Å². The van der Waals surface area contributed by atoms with Crippen molar-refractivity contribution in [2.24, 2.45) is 0 Å². The smallest absolute Gasteiger partial charge is 0.282 e. The van der Waals surface area contributed by atoms with Gasteiger partial charge in [-0.15, -0.1) is 0 Å². The van der Waals surface area contributed by atoms with Gasteiger partial charge < -0.3 is 14.4 Å². The van der Waals surface area contributed by atoms with Crippen molar-refractivity contribution in [2.75, 3.05) is 32.2 Å². The third-order valence-electron chi connectivity index (χ3n) is 5.49. The zero-order valence-electron chi connectivity index (χ0n) is 17.0. The number of halogens is 1. The molecule has 30 heavy (non-hydrogen) atoms. The molecule has 2 aromatic rings. The Morgan fingerprint density at radius 3 is 2.20 bits per heavy atom. The molecule has 6 nitrogen and oxygen atoms in total. The van der Waals surface area contributed by atoms with Gasteiger partial charge in [0.15, 0.2) is 0 Å². The van der Waals surface area contributed by atoms with Crippen LogP contribution in [-0.4, -0.2) is 44.0 Å². The van der Waals surface area contributed by atoms with Crippen molar-refractivity contribution in [3.8, 4) is 11.5 Å². The van der Waals surface area contributed by atoms with Crippen LogP contribution in [0.2, 0.25) is 0 Å². The molecule has 0 radical (unpaired) electrons. The molecule has 2 aliphatic rings. The summed E-state index contributed by atoms with van der Waals surface area (Å²) in [6.45, 7) is 1.39. The molecule has 2 amide bonds. The zero-order valence-corrected chi connectivity index (χ0v) is 17.0. The summed E-state index contributed by atoms with van der Waals surface area (Å²) in [7, 11) is 3.00. The second-order valence-corrected chi connectivity index (χ2v) is 7.26. The van der Waals surface area contributed by atoms with Crippen molar-refractivity contribution in [2.45, 2.75) is 19.3 Å². The minimum atomic E-state index is -0.460. The highest BCUT2D eigenvalue weighted by Gasteiger charge is 2.43. The van der Waals surface area contributed by atoms with Crippen LogP contribution < -0.4 is 14.4 Å². The Morgan fingerprint density at radius 1 is 0.867 bits per heavy atom. The fourth-order valence-electron chi connectivity index (χ4n) is 4.00. The van der Waals surface area contributed by atoms with Crippen molar-refractivity contribution in [1.29, 1.82) is 0 Å². The second kappa shape index (κ2) is 8.18. The monoisotopic (exact) mass is 410 g/mol. The largest absolute Gasteiger partial charge is 0.497 e. The lowest BCUT2D eigenvalue weighted by Gasteiger charge is -2.29. The predicted molar refractivity (Wildman–Crippen MR) is 111 cm³/mol. The number of likely N-dealkylation sites (tertiary alicyclic amines) is 1. The number of hydrogen-bond donors (Lipinski definition) is 0. The molecule has 1 saturated heterocycles. The van der Waals surface area contributed by atoms with E-state index in [2.05, 4.69) is 0 Å². The summed E-state index contributed by atoms with van der Waals surface area (Å²) in [5.74, 6) is -0.384. The van der Waals surface area contributed by atoms with Crippen molar-refractivity contribution >= 4 is 23.1 Å². The summed E-state index contributed by atoms with van der Waals surface area (Å²) in [6, 6.07) is 10.6. The third-order valence-corrected chi connectivity index (χ3v) is 5.49. The number of piperidine rings is 1. The van der Waals surface area contributed by atoms with E-state index < -0.39 is 17.6 Å². The Balaban J connectivity index is 1.85. The lowest BCUT2D eigenvalue weighted by atomic mass is 10.0. The number of ether oxygens (including phenoxy) is 2. The van der Waals surface area contributed by atoms with Gasteiger partial charge in [-0.05, 0) is 49.1 Å². The second-order valence-electron chi connectivity index (χ2n) is 7.26. The molecule has 2 aromatic carbocycles. The van der Waals surface area contributed by atoms with Gasteiger partial charge in [0.2, 0.25) is 0 Å². The van der Waals surface area contributed by atoms with Gasteiger partial charge in [-0.2, -0.15) is 0 Å². The molecule has 4 rings (SSSR count). The Morgan fingerprint density at radius 2 is 1.57 bits per heavy atom. The van der Waals surface area contributed by atoms with Crippen molar-refractivity contribution in [3.05, 3.63) is 59.5 Å². The lowest BCUT2D eigenvalue weighted by Crippen LogP contribution is -2.37. The molecular formula is C23H23FN2O4. The average molecular weight is 410 g/mol. The van der Waals surface area contributed by atoms with E-state index in [0.717, 1.165) is 24.2 Å². The number of carbonyl (C=O) groups is 2. The highest BCUT2D eigenvalue weighted by molar-refractivity contribution is 6.45. The molecule has 2 heterocycles. The van der Waals surface area contributed by atoms with Crippen LogP contribution >= 0.6 is 0 Å². The molecule has 0 N–H and O–H groups in total. The molecule has 0 unspecified atom stereocenters. The number of benzene rings is 2. The van der Waals surface area contributed by atoms with Gasteiger partial charge >= 0.3 is 0 Å². The first-order valence-electron chi connectivity index (χ1n) is 9.91. The highest BCUT2D eigenvalue weighted by atomic mass is 19.1. The van der Waals surface area contributed by atoms with E-state index in [1.807, 2.05) is 4.90 Å². The third kappa shape index (κ3) is 3.40. The molecule has 0 atom stereocenters. The van der Waals surface area contributed by atoms with Gasteiger partial charge in [-0.25, -0.2) is 9.29 Å². The quantitative estimate of drug-likeness (QED) is 0.705. The fourth-order valence-corrected chi connectivity index (χ4v) is 4.00. The van der Waals surface area contributed by atoms with Crippen LogP contribution in [0.3, 0.4) is 0 Å². The van der Waals surface area contributed by atoms with Crippen molar-refractivity contribution < 1.29 is 23.5 Å².